The number of halogens is 3. The predicted molar refractivity (Wildman–Crippen MR) is 139 cm³/mol. The molecule has 1 aliphatic carbocycles. The van der Waals surface area contributed by atoms with Crippen molar-refractivity contribution in [2.75, 3.05) is 18.4 Å². The molecule has 4 rings (SSSR count). The molecule has 38 heavy (non-hydrogen) atoms. The molecule has 2 aromatic heterocycles. The maximum atomic E-state index is 14.3. The molecule has 3 atom stereocenters. The Labute approximate surface area is 224 Å². The van der Waals surface area contributed by atoms with Gasteiger partial charge in [0.05, 0.1) is 16.0 Å². The average molecular weight is 554 g/mol. The molecule has 8 nitrogen and oxygen atoms in total. The zero-order valence-electron chi connectivity index (χ0n) is 22.0. The Kier molecular flexibility index (Phi) is 8.04. The van der Waals surface area contributed by atoms with Crippen molar-refractivity contribution >= 4 is 29.0 Å². The van der Waals surface area contributed by atoms with Crippen LogP contribution in [0.25, 0.3) is 10.4 Å². The van der Waals surface area contributed by atoms with Crippen LogP contribution >= 0.6 is 11.3 Å². The lowest BCUT2D eigenvalue weighted by Gasteiger charge is -2.21. The Hall–Kier alpha value is -2.73. The van der Waals surface area contributed by atoms with Crippen LogP contribution in [0.4, 0.5) is 19.0 Å². The van der Waals surface area contributed by atoms with E-state index in [0.29, 0.717) is 23.8 Å². The molecule has 208 valence electrons. The maximum Gasteiger partial charge on any atom is 0.417 e. The van der Waals surface area contributed by atoms with Crippen LogP contribution < -0.4 is 10.6 Å². The van der Waals surface area contributed by atoms with Gasteiger partial charge >= 0.3 is 6.18 Å². The Balaban J connectivity index is 1.75. The molecule has 2 unspecified atom stereocenters. The standard InChI is InChI=1S/C26H34F3N5O3S/c1-14-7-8-16(10-14)32-19-11-18(26(27,28)29)17(12-30-19)21-20(24(36)34-9-5-6-15(34)2)33-23(38-21)22(35)31-13-25(3,4)37/h11-12,14-16,37H,5-10,13H2,1-4H3,(H,30,32)(H,31,35)/t14?,15-,16?/m0/s1. The third-order valence-corrected chi connectivity index (χ3v) is 8.11. The number of thiazole rings is 1. The molecule has 0 bridgehead atoms. The quantitative estimate of drug-likeness (QED) is 0.448. The lowest BCUT2D eigenvalue weighted by atomic mass is 10.1. The fraction of sp³-hybridized carbons (Fsp3) is 0.615. The van der Waals surface area contributed by atoms with Gasteiger partial charge in [-0.2, -0.15) is 13.2 Å². The Morgan fingerprint density at radius 1 is 1.21 bits per heavy atom. The number of aromatic nitrogens is 2. The van der Waals surface area contributed by atoms with Crippen LogP contribution in [0, 0.1) is 5.92 Å². The molecule has 0 spiro atoms. The number of anilines is 1. The molecule has 0 radical (unpaired) electrons. The summed E-state index contributed by atoms with van der Waals surface area (Å²) >= 11 is 0.716. The first-order valence-electron chi connectivity index (χ1n) is 12.9. The number of likely N-dealkylation sites (tertiary alicyclic amines) is 1. The van der Waals surface area contributed by atoms with Gasteiger partial charge in [-0.15, -0.1) is 11.3 Å². The molecular formula is C26H34F3N5O3S. The van der Waals surface area contributed by atoms with E-state index >= 15 is 0 Å². The molecule has 2 aliphatic rings. The zero-order chi connectivity index (χ0) is 27.8. The monoisotopic (exact) mass is 553 g/mol. The number of nitrogens with zero attached hydrogens (tertiary/aromatic N) is 3. The Morgan fingerprint density at radius 2 is 1.95 bits per heavy atom. The van der Waals surface area contributed by atoms with Crippen molar-refractivity contribution in [2.24, 2.45) is 5.92 Å². The number of amides is 2. The minimum Gasteiger partial charge on any atom is -0.389 e. The minimum absolute atomic E-state index is 0.0488. The van der Waals surface area contributed by atoms with E-state index in [1.807, 2.05) is 6.92 Å². The number of carbonyl (C=O) groups excluding carboxylic acids is 2. The lowest BCUT2D eigenvalue weighted by molar-refractivity contribution is -0.137. The van der Waals surface area contributed by atoms with Gasteiger partial charge in [-0.1, -0.05) is 6.92 Å². The third-order valence-electron chi connectivity index (χ3n) is 7.02. The van der Waals surface area contributed by atoms with Gasteiger partial charge in [0.2, 0.25) is 0 Å². The molecule has 1 saturated carbocycles. The fourth-order valence-corrected chi connectivity index (χ4v) is 5.98. The van der Waals surface area contributed by atoms with E-state index in [9.17, 15) is 27.9 Å². The predicted octanol–water partition coefficient (Wildman–Crippen LogP) is 4.95. The zero-order valence-corrected chi connectivity index (χ0v) is 22.8. The van der Waals surface area contributed by atoms with Gasteiger partial charge in [0.25, 0.3) is 11.8 Å². The number of carbonyl (C=O) groups is 2. The minimum atomic E-state index is -4.73. The molecular weight excluding hydrogens is 519 g/mol. The summed E-state index contributed by atoms with van der Waals surface area (Å²) in [6.07, 6.45) is 0.653. The van der Waals surface area contributed by atoms with Crippen molar-refractivity contribution in [3.63, 3.8) is 0 Å². The van der Waals surface area contributed by atoms with Crippen LogP contribution in [0.1, 0.15) is 85.7 Å². The molecule has 1 aliphatic heterocycles. The number of nitrogens with one attached hydrogen (secondary N) is 2. The number of rotatable bonds is 7. The summed E-state index contributed by atoms with van der Waals surface area (Å²) in [4.78, 5) is 36.3. The molecule has 3 heterocycles. The summed E-state index contributed by atoms with van der Waals surface area (Å²) in [5.41, 5.74) is -2.64. The summed E-state index contributed by atoms with van der Waals surface area (Å²) in [5, 5.41) is 15.4. The highest BCUT2D eigenvalue weighted by Gasteiger charge is 2.38. The topological polar surface area (TPSA) is 107 Å². The van der Waals surface area contributed by atoms with E-state index in [1.165, 1.54) is 13.8 Å². The molecule has 12 heteroatoms. The highest BCUT2D eigenvalue weighted by atomic mass is 32.1. The number of aliphatic hydroxyl groups is 1. The number of hydrogen-bond acceptors (Lipinski definition) is 7. The Morgan fingerprint density at radius 3 is 2.53 bits per heavy atom. The van der Waals surface area contributed by atoms with Crippen LogP contribution in [-0.4, -0.2) is 62.6 Å². The van der Waals surface area contributed by atoms with Crippen LogP contribution in [0.3, 0.4) is 0 Å². The van der Waals surface area contributed by atoms with E-state index in [1.54, 1.807) is 4.90 Å². The van der Waals surface area contributed by atoms with E-state index in [0.717, 1.165) is 44.4 Å². The molecule has 0 aromatic carbocycles. The fourth-order valence-electron chi connectivity index (χ4n) is 4.99. The first kappa shape index (κ1) is 28.3. The van der Waals surface area contributed by atoms with Crippen LogP contribution in [0.15, 0.2) is 12.3 Å². The van der Waals surface area contributed by atoms with Crippen LogP contribution in [0.5, 0.6) is 0 Å². The van der Waals surface area contributed by atoms with Gasteiger partial charge in [-0.25, -0.2) is 9.97 Å². The smallest absolute Gasteiger partial charge is 0.389 e. The third kappa shape index (κ3) is 6.45. The molecule has 2 amide bonds. The van der Waals surface area contributed by atoms with Crippen molar-refractivity contribution in [1.82, 2.24) is 20.2 Å². The molecule has 2 fully saturated rings. The van der Waals surface area contributed by atoms with Crippen molar-refractivity contribution in [3.05, 3.63) is 28.5 Å². The van der Waals surface area contributed by atoms with Gasteiger partial charge < -0.3 is 20.6 Å². The first-order valence-corrected chi connectivity index (χ1v) is 13.7. The maximum absolute atomic E-state index is 14.3. The van der Waals surface area contributed by atoms with Gasteiger partial charge in [0.15, 0.2) is 5.01 Å². The second-order valence-electron chi connectivity index (χ2n) is 11.1. The summed E-state index contributed by atoms with van der Waals surface area (Å²) < 4.78 is 43.0. The van der Waals surface area contributed by atoms with Crippen molar-refractivity contribution < 1.29 is 27.9 Å². The van der Waals surface area contributed by atoms with Crippen LogP contribution in [0.2, 0.25) is 0 Å². The number of alkyl halides is 3. The summed E-state index contributed by atoms with van der Waals surface area (Å²) in [7, 11) is 0. The van der Waals surface area contributed by atoms with Gasteiger partial charge in [0, 0.05) is 36.9 Å². The lowest BCUT2D eigenvalue weighted by Crippen LogP contribution is -2.38. The second-order valence-corrected chi connectivity index (χ2v) is 12.1. The van der Waals surface area contributed by atoms with E-state index in [4.69, 9.17) is 0 Å². The Bertz CT molecular complexity index is 1190. The van der Waals surface area contributed by atoms with E-state index in [-0.39, 0.29) is 45.6 Å². The average Bonchev–Trinajstić information content (AvgIpc) is 3.56. The highest BCUT2D eigenvalue weighted by molar-refractivity contribution is 7.17. The van der Waals surface area contributed by atoms with Crippen LogP contribution in [-0.2, 0) is 6.18 Å². The van der Waals surface area contributed by atoms with E-state index < -0.39 is 29.2 Å². The van der Waals surface area contributed by atoms with Crippen molar-refractivity contribution in [3.8, 4) is 10.4 Å². The first-order chi connectivity index (χ1) is 17.7. The SMILES string of the molecule is CC1CCC(Nc2cc(C(F)(F)F)c(-c3sc(C(=O)NCC(C)(C)O)nc3C(=O)N3CCC[C@@H]3C)cn2)C1. The van der Waals surface area contributed by atoms with E-state index in [2.05, 4.69) is 27.5 Å². The van der Waals surface area contributed by atoms with Gasteiger partial charge in [0.1, 0.15) is 11.5 Å². The molecule has 3 N–H and O–H groups in total. The van der Waals surface area contributed by atoms with Crippen molar-refractivity contribution in [1.29, 1.82) is 0 Å². The van der Waals surface area contributed by atoms with Gasteiger partial charge in [-0.05, 0) is 64.9 Å². The summed E-state index contributed by atoms with van der Waals surface area (Å²) in [5.74, 6) is -0.581. The second kappa shape index (κ2) is 10.8. The van der Waals surface area contributed by atoms with Crippen molar-refractivity contribution in [2.45, 2.75) is 83.7 Å². The molecule has 1 saturated heterocycles. The normalized spacial score (nSPS) is 22.1. The van der Waals surface area contributed by atoms with Gasteiger partial charge in [-0.3, -0.25) is 9.59 Å². The number of hydrogen-bond donors (Lipinski definition) is 3. The largest absolute Gasteiger partial charge is 0.417 e. The highest BCUT2D eigenvalue weighted by Crippen LogP contribution is 2.42. The number of pyridine rings is 1. The summed E-state index contributed by atoms with van der Waals surface area (Å²) in [6, 6.07) is 0.927. The molecule has 2 aromatic rings. The summed E-state index contributed by atoms with van der Waals surface area (Å²) in [6.45, 7) is 7.37.